The topological polar surface area (TPSA) is 86.3 Å². The van der Waals surface area contributed by atoms with Crippen LogP contribution in [0.1, 0.15) is 16.8 Å². The Kier molecular flexibility index (Phi) is 5.46. The van der Waals surface area contributed by atoms with Crippen LogP contribution in [0.2, 0.25) is 0 Å². The van der Waals surface area contributed by atoms with E-state index in [9.17, 15) is 9.59 Å². The van der Waals surface area contributed by atoms with Crippen LogP contribution in [0.15, 0.2) is 47.3 Å². The molecule has 0 atom stereocenters. The molecule has 0 unspecified atom stereocenters. The molecule has 3 N–H and O–H groups in total. The summed E-state index contributed by atoms with van der Waals surface area (Å²) in [6, 6.07) is 12.8. The van der Waals surface area contributed by atoms with Gasteiger partial charge in [0.1, 0.15) is 5.56 Å². The van der Waals surface area contributed by atoms with E-state index in [1.807, 2.05) is 35.8 Å². The number of hydrazine groups is 1. The highest BCUT2D eigenvalue weighted by Gasteiger charge is 2.14. The highest BCUT2D eigenvalue weighted by molar-refractivity contribution is 5.93. The molecule has 1 amide bonds. The van der Waals surface area contributed by atoms with Crippen molar-refractivity contribution in [1.82, 2.24) is 9.99 Å². The van der Waals surface area contributed by atoms with Crippen LogP contribution in [0, 0.1) is 0 Å². The Morgan fingerprint density at radius 2 is 1.95 bits per heavy atom. The molecule has 0 aliphatic carbocycles. The van der Waals surface area contributed by atoms with Gasteiger partial charge in [-0.3, -0.25) is 15.0 Å². The Morgan fingerprint density at radius 3 is 2.59 bits per heavy atom. The van der Waals surface area contributed by atoms with Crippen LogP contribution in [0.25, 0.3) is 11.3 Å². The predicted molar refractivity (Wildman–Crippen MR) is 84.3 cm³/mol. The molecule has 0 spiro atoms. The van der Waals surface area contributed by atoms with Crippen molar-refractivity contribution in [2.75, 3.05) is 13.7 Å². The molecule has 1 heterocycles. The molecule has 6 nitrogen and oxygen atoms in total. The number of nitrogens with zero attached hydrogens (tertiary/aromatic N) is 1. The number of aromatic nitrogens is 1. The zero-order valence-corrected chi connectivity index (χ0v) is 12.4. The van der Waals surface area contributed by atoms with Crippen LogP contribution in [0.5, 0.6) is 0 Å². The monoisotopic (exact) mass is 301 g/mol. The Balaban J connectivity index is 2.51. The van der Waals surface area contributed by atoms with Crippen LogP contribution in [0.3, 0.4) is 0 Å². The Labute approximate surface area is 128 Å². The lowest BCUT2D eigenvalue weighted by Gasteiger charge is -2.14. The number of rotatable bonds is 6. The highest BCUT2D eigenvalue weighted by atomic mass is 16.5. The quantitative estimate of drug-likeness (QED) is 0.363. The molecular weight excluding hydrogens is 282 g/mol. The third-order valence-corrected chi connectivity index (χ3v) is 3.35. The van der Waals surface area contributed by atoms with Gasteiger partial charge in [-0.1, -0.05) is 30.3 Å². The van der Waals surface area contributed by atoms with Gasteiger partial charge in [0.2, 0.25) is 0 Å². The molecule has 0 aliphatic heterocycles. The minimum absolute atomic E-state index is 0.0274. The third-order valence-electron chi connectivity index (χ3n) is 3.35. The van der Waals surface area contributed by atoms with Gasteiger partial charge in [-0.25, -0.2) is 5.84 Å². The molecule has 6 heteroatoms. The van der Waals surface area contributed by atoms with E-state index >= 15 is 0 Å². The van der Waals surface area contributed by atoms with Gasteiger partial charge in [-0.2, -0.15) is 0 Å². The second-order valence-corrected chi connectivity index (χ2v) is 4.77. The summed E-state index contributed by atoms with van der Waals surface area (Å²) >= 11 is 0. The van der Waals surface area contributed by atoms with Crippen molar-refractivity contribution in [1.29, 1.82) is 0 Å². The van der Waals surface area contributed by atoms with E-state index < -0.39 is 5.91 Å². The molecule has 116 valence electrons. The number of methoxy groups -OCH3 is 1. The summed E-state index contributed by atoms with van der Waals surface area (Å²) in [6.07, 6.45) is 0.671. The first kappa shape index (κ1) is 15.9. The van der Waals surface area contributed by atoms with Crippen LogP contribution >= 0.6 is 0 Å². The Morgan fingerprint density at radius 1 is 1.23 bits per heavy atom. The average Bonchev–Trinajstić information content (AvgIpc) is 2.56. The zero-order valence-electron chi connectivity index (χ0n) is 12.4. The number of amides is 1. The first-order chi connectivity index (χ1) is 10.7. The van der Waals surface area contributed by atoms with Crippen molar-refractivity contribution in [3.05, 3.63) is 58.4 Å². The molecule has 2 aromatic rings. The second kappa shape index (κ2) is 7.53. The lowest BCUT2D eigenvalue weighted by atomic mass is 10.1. The third kappa shape index (κ3) is 3.41. The summed E-state index contributed by atoms with van der Waals surface area (Å²) in [5.74, 6) is 4.53. The maximum atomic E-state index is 12.6. The summed E-state index contributed by atoms with van der Waals surface area (Å²) in [6.45, 7) is 0.997. The van der Waals surface area contributed by atoms with Gasteiger partial charge in [0, 0.05) is 20.3 Å². The Bertz CT molecular complexity index is 696. The maximum Gasteiger partial charge on any atom is 0.270 e. The van der Waals surface area contributed by atoms with E-state index in [-0.39, 0.29) is 11.1 Å². The number of nitrogens with two attached hydrogens (primary N) is 1. The highest BCUT2D eigenvalue weighted by Crippen LogP contribution is 2.18. The van der Waals surface area contributed by atoms with Gasteiger partial charge in [0.05, 0.1) is 5.69 Å². The van der Waals surface area contributed by atoms with Crippen molar-refractivity contribution < 1.29 is 9.53 Å². The lowest BCUT2D eigenvalue weighted by Crippen LogP contribution is -2.37. The number of carbonyl (C=O) groups is 1. The van der Waals surface area contributed by atoms with Gasteiger partial charge >= 0.3 is 0 Å². The van der Waals surface area contributed by atoms with E-state index in [2.05, 4.69) is 0 Å². The zero-order chi connectivity index (χ0) is 15.9. The van der Waals surface area contributed by atoms with E-state index in [4.69, 9.17) is 10.6 Å². The van der Waals surface area contributed by atoms with Gasteiger partial charge in [0.25, 0.3) is 11.5 Å². The fourth-order valence-corrected chi connectivity index (χ4v) is 2.28. The number of benzene rings is 1. The SMILES string of the molecule is COCCCn1c(-c2ccccc2)ccc(C(=O)NN)c1=O. The molecule has 0 fully saturated rings. The summed E-state index contributed by atoms with van der Waals surface area (Å²) in [5.41, 5.74) is 3.34. The van der Waals surface area contributed by atoms with Crippen molar-refractivity contribution in [3.8, 4) is 11.3 Å². The molecule has 1 aromatic heterocycles. The Hall–Kier alpha value is -2.44. The van der Waals surface area contributed by atoms with Gasteiger partial charge in [0.15, 0.2) is 0 Å². The molecule has 22 heavy (non-hydrogen) atoms. The molecule has 0 aliphatic rings. The van der Waals surface area contributed by atoms with Gasteiger partial charge in [-0.05, 0) is 24.1 Å². The number of hydrogen-bond acceptors (Lipinski definition) is 4. The van der Waals surface area contributed by atoms with Crippen LogP contribution in [-0.4, -0.2) is 24.2 Å². The predicted octanol–water partition coefficient (Wildman–Crippen LogP) is 1.16. The largest absolute Gasteiger partial charge is 0.385 e. The number of carbonyl (C=O) groups excluding carboxylic acids is 1. The first-order valence-corrected chi connectivity index (χ1v) is 6.98. The van der Waals surface area contributed by atoms with E-state index in [0.29, 0.717) is 19.6 Å². The van der Waals surface area contributed by atoms with Crippen molar-refractivity contribution in [2.45, 2.75) is 13.0 Å². The fourth-order valence-electron chi connectivity index (χ4n) is 2.28. The van der Waals surface area contributed by atoms with Crippen LogP contribution in [-0.2, 0) is 11.3 Å². The van der Waals surface area contributed by atoms with Crippen molar-refractivity contribution in [2.24, 2.45) is 5.84 Å². The van der Waals surface area contributed by atoms with E-state index in [1.54, 1.807) is 17.7 Å². The molecular formula is C16H19N3O3. The molecule has 0 saturated heterocycles. The number of nitrogen functional groups attached to an aromatic ring is 1. The maximum absolute atomic E-state index is 12.6. The molecule has 2 rings (SSSR count). The van der Waals surface area contributed by atoms with Gasteiger partial charge in [-0.15, -0.1) is 0 Å². The summed E-state index contributed by atoms with van der Waals surface area (Å²) in [7, 11) is 1.61. The lowest BCUT2D eigenvalue weighted by molar-refractivity contribution is 0.0951. The smallest absolute Gasteiger partial charge is 0.270 e. The number of ether oxygens (including phenoxy) is 1. The molecule has 0 bridgehead atoms. The fraction of sp³-hybridized carbons (Fsp3) is 0.250. The van der Waals surface area contributed by atoms with Crippen LogP contribution < -0.4 is 16.8 Å². The van der Waals surface area contributed by atoms with Crippen LogP contribution in [0.4, 0.5) is 0 Å². The number of pyridine rings is 1. The molecule has 0 radical (unpaired) electrons. The van der Waals surface area contributed by atoms with Crippen molar-refractivity contribution in [3.63, 3.8) is 0 Å². The minimum Gasteiger partial charge on any atom is -0.385 e. The molecule has 1 aromatic carbocycles. The normalized spacial score (nSPS) is 10.5. The summed E-state index contributed by atoms with van der Waals surface area (Å²) in [4.78, 5) is 24.3. The standard InChI is InChI=1S/C16H19N3O3/c1-22-11-5-10-19-14(12-6-3-2-4-7-12)9-8-13(16(19)21)15(20)18-17/h2-4,6-9H,5,10-11,17H2,1H3,(H,18,20). The summed E-state index contributed by atoms with van der Waals surface area (Å²) < 4.78 is 6.62. The summed E-state index contributed by atoms with van der Waals surface area (Å²) in [5, 5.41) is 0. The molecule has 0 saturated carbocycles. The minimum atomic E-state index is -0.592. The van der Waals surface area contributed by atoms with Crippen molar-refractivity contribution >= 4 is 5.91 Å². The number of hydrogen-bond donors (Lipinski definition) is 2. The van der Waals surface area contributed by atoms with Gasteiger partial charge < -0.3 is 9.30 Å². The van der Waals surface area contributed by atoms with E-state index in [0.717, 1.165) is 11.3 Å². The number of nitrogens with one attached hydrogen (secondary N) is 1. The first-order valence-electron chi connectivity index (χ1n) is 6.98. The van der Waals surface area contributed by atoms with E-state index in [1.165, 1.54) is 6.07 Å². The second-order valence-electron chi connectivity index (χ2n) is 4.77. The average molecular weight is 301 g/mol.